The average Bonchev–Trinajstić information content (AvgIpc) is 2.57. The Kier molecular flexibility index (Phi) is 4.39. The van der Waals surface area contributed by atoms with Crippen molar-refractivity contribution in [1.29, 1.82) is 0 Å². The SMILES string of the molecule is C=CCN1C(=O)c2ccccc2N[C@@H]1c1ccccc1OC(F)(F)F. The number of para-hydroxylation sites is 2. The van der Waals surface area contributed by atoms with E-state index in [1.54, 1.807) is 30.3 Å². The van der Waals surface area contributed by atoms with Gasteiger partial charge in [0.2, 0.25) is 0 Å². The molecule has 1 amide bonds. The summed E-state index contributed by atoms with van der Waals surface area (Å²) in [7, 11) is 0. The number of alkyl halides is 3. The fourth-order valence-corrected chi connectivity index (χ4v) is 2.79. The first-order valence-corrected chi connectivity index (χ1v) is 7.53. The van der Waals surface area contributed by atoms with Gasteiger partial charge in [0.1, 0.15) is 11.9 Å². The van der Waals surface area contributed by atoms with Crippen LogP contribution in [0.1, 0.15) is 22.1 Å². The highest BCUT2D eigenvalue weighted by Gasteiger charge is 2.37. The highest BCUT2D eigenvalue weighted by atomic mass is 19.4. The first-order valence-electron chi connectivity index (χ1n) is 7.53. The van der Waals surface area contributed by atoms with E-state index in [1.165, 1.54) is 29.2 Å². The van der Waals surface area contributed by atoms with Gasteiger partial charge in [-0.2, -0.15) is 0 Å². The van der Waals surface area contributed by atoms with E-state index in [2.05, 4.69) is 16.6 Å². The summed E-state index contributed by atoms with van der Waals surface area (Å²) in [5, 5.41) is 3.11. The van der Waals surface area contributed by atoms with E-state index in [4.69, 9.17) is 0 Å². The van der Waals surface area contributed by atoms with Gasteiger partial charge in [-0.3, -0.25) is 4.79 Å². The number of carbonyl (C=O) groups is 1. The van der Waals surface area contributed by atoms with E-state index < -0.39 is 12.5 Å². The van der Waals surface area contributed by atoms with Gasteiger partial charge < -0.3 is 15.0 Å². The molecule has 2 aromatic carbocycles. The van der Waals surface area contributed by atoms with Crippen LogP contribution in [0.15, 0.2) is 61.2 Å². The van der Waals surface area contributed by atoms with Crippen molar-refractivity contribution in [1.82, 2.24) is 4.90 Å². The summed E-state index contributed by atoms with van der Waals surface area (Å²) >= 11 is 0. The van der Waals surface area contributed by atoms with Crippen LogP contribution < -0.4 is 10.1 Å². The Balaban J connectivity index is 2.06. The smallest absolute Gasteiger partial charge is 0.405 e. The first-order chi connectivity index (χ1) is 11.9. The zero-order valence-electron chi connectivity index (χ0n) is 13.1. The Bertz CT molecular complexity index is 805. The number of nitrogens with one attached hydrogen (secondary N) is 1. The van der Waals surface area contributed by atoms with Gasteiger partial charge in [0.25, 0.3) is 5.91 Å². The molecule has 1 aliphatic rings. The molecule has 130 valence electrons. The van der Waals surface area contributed by atoms with E-state index in [0.717, 1.165) is 0 Å². The van der Waals surface area contributed by atoms with Crippen LogP contribution in [-0.4, -0.2) is 23.7 Å². The number of hydrogen-bond acceptors (Lipinski definition) is 3. The van der Waals surface area contributed by atoms with Crippen LogP contribution >= 0.6 is 0 Å². The third kappa shape index (κ3) is 3.45. The van der Waals surface area contributed by atoms with Crippen molar-refractivity contribution in [3.05, 3.63) is 72.3 Å². The third-order valence-corrected chi connectivity index (χ3v) is 3.79. The third-order valence-electron chi connectivity index (χ3n) is 3.79. The second kappa shape index (κ2) is 6.51. The number of amides is 1. The second-order valence-electron chi connectivity index (χ2n) is 5.42. The van der Waals surface area contributed by atoms with Gasteiger partial charge in [0.15, 0.2) is 0 Å². The fourth-order valence-electron chi connectivity index (χ4n) is 2.79. The molecule has 0 aliphatic carbocycles. The molecule has 25 heavy (non-hydrogen) atoms. The fraction of sp³-hybridized carbons (Fsp3) is 0.167. The molecule has 0 radical (unpaired) electrons. The molecule has 0 aromatic heterocycles. The number of fused-ring (bicyclic) bond motifs is 1. The number of halogens is 3. The van der Waals surface area contributed by atoms with Crippen molar-refractivity contribution in [2.45, 2.75) is 12.5 Å². The number of carbonyl (C=O) groups excluding carboxylic acids is 1. The molecule has 1 atom stereocenters. The van der Waals surface area contributed by atoms with E-state index in [0.29, 0.717) is 11.3 Å². The highest BCUT2D eigenvalue weighted by Crippen LogP contribution is 2.38. The number of nitrogens with zero attached hydrogens (tertiary/aromatic N) is 1. The normalized spacial score (nSPS) is 16.8. The zero-order chi connectivity index (χ0) is 18.0. The Morgan fingerprint density at radius 1 is 1.16 bits per heavy atom. The Hall–Kier alpha value is -2.96. The lowest BCUT2D eigenvalue weighted by atomic mass is 10.0. The Morgan fingerprint density at radius 2 is 1.84 bits per heavy atom. The van der Waals surface area contributed by atoms with Crippen molar-refractivity contribution < 1.29 is 22.7 Å². The molecular weight excluding hydrogens is 333 g/mol. The molecule has 1 heterocycles. The molecule has 0 saturated carbocycles. The van der Waals surface area contributed by atoms with Gasteiger partial charge in [-0.05, 0) is 18.2 Å². The quantitative estimate of drug-likeness (QED) is 0.836. The van der Waals surface area contributed by atoms with E-state index >= 15 is 0 Å². The number of anilines is 1. The monoisotopic (exact) mass is 348 g/mol. The van der Waals surface area contributed by atoms with Gasteiger partial charge in [-0.1, -0.05) is 36.4 Å². The summed E-state index contributed by atoms with van der Waals surface area (Å²) in [6, 6.07) is 12.6. The molecule has 2 aromatic rings. The van der Waals surface area contributed by atoms with E-state index in [-0.39, 0.29) is 23.8 Å². The molecule has 3 rings (SSSR count). The molecule has 1 N–H and O–H groups in total. The summed E-state index contributed by atoms with van der Waals surface area (Å²) in [5.41, 5.74) is 1.22. The standard InChI is InChI=1S/C18H15F3N2O2/c1-2-11-23-16(22-14-9-5-3-7-12(14)17(23)24)13-8-4-6-10-15(13)25-18(19,20)21/h2-10,16,22H,1,11H2/t16-/m0/s1. The summed E-state index contributed by atoms with van der Waals surface area (Å²) in [6.45, 7) is 3.79. The van der Waals surface area contributed by atoms with Crippen molar-refractivity contribution in [3.8, 4) is 5.75 Å². The van der Waals surface area contributed by atoms with Crippen LogP contribution in [0.25, 0.3) is 0 Å². The lowest BCUT2D eigenvalue weighted by molar-refractivity contribution is -0.275. The lowest BCUT2D eigenvalue weighted by Gasteiger charge is -2.38. The first kappa shape index (κ1) is 16.9. The summed E-state index contributed by atoms with van der Waals surface area (Å²) in [6.07, 6.45) is -4.11. The van der Waals surface area contributed by atoms with Crippen LogP contribution in [0, 0.1) is 0 Å². The topological polar surface area (TPSA) is 41.6 Å². The van der Waals surface area contributed by atoms with Gasteiger partial charge in [-0.25, -0.2) is 0 Å². The molecule has 0 bridgehead atoms. The van der Waals surface area contributed by atoms with E-state index in [9.17, 15) is 18.0 Å². The predicted molar refractivity (Wildman–Crippen MR) is 87.2 cm³/mol. The van der Waals surface area contributed by atoms with Gasteiger partial charge in [0, 0.05) is 17.8 Å². The molecule has 0 saturated heterocycles. The molecule has 0 spiro atoms. The number of benzene rings is 2. The minimum Gasteiger partial charge on any atom is -0.405 e. The van der Waals surface area contributed by atoms with Crippen molar-refractivity contribution >= 4 is 11.6 Å². The number of ether oxygens (including phenoxy) is 1. The largest absolute Gasteiger partial charge is 0.573 e. The molecule has 4 nitrogen and oxygen atoms in total. The van der Waals surface area contributed by atoms with Crippen LogP contribution in [0.4, 0.5) is 18.9 Å². The predicted octanol–water partition coefficient (Wildman–Crippen LogP) is 4.34. The van der Waals surface area contributed by atoms with E-state index in [1.807, 2.05) is 0 Å². The maximum atomic E-state index is 12.8. The average molecular weight is 348 g/mol. The molecule has 0 unspecified atom stereocenters. The molecule has 7 heteroatoms. The van der Waals surface area contributed by atoms with Crippen LogP contribution in [0.2, 0.25) is 0 Å². The zero-order valence-corrected chi connectivity index (χ0v) is 13.1. The van der Waals surface area contributed by atoms with Crippen molar-refractivity contribution in [3.63, 3.8) is 0 Å². The molecule has 1 aliphatic heterocycles. The number of rotatable bonds is 4. The minimum atomic E-state index is -4.82. The van der Waals surface area contributed by atoms with Gasteiger partial charge >= 0.3 is 6.36 Å². The van der Waals surface area contributed by atoms with Gasteiger partial charge in [-0.15, -0.1) is 19.8 Å². The maximum absolute atomic E-state index is 12.8. The highest BCUT2D eigenvalue weighted by molar-refractivity contribution is 6.01. The molecular formula is C18H15F3N2O2. The summed E-state index contributed by atoms with van der Waals surface area (Å²) in [5.74, 6) is -0.644. The summed E-state index contributed by atoms with van der Waals surface area (Å²) < 4.78 is 42.3. The maximum Gasteiger partial charge on any atom is 0.573 e. The lowest BCUT2D eigenvalue weighted by Crippen LogP contribution is -2.43. The number of hydrogen-bond donors (Lipinski definition) is 1. The van der Waals surface area contributed by atoms with Crippen molar-refractivity contribution in [2.24, 2.45) is 0 Å². The molecule has 0 fully saturated rings. The van der Waals surface area contributed by atoms with Crippen LogP contribution in [-0.2, 0) is 0 Å². The minimum absolute atomic E-state index is 0.172. The van der Waals surface area contributed by atoms with Gasteiger partial charge in [0.05, 0.1) is 5.56 Å². The Labute approximate surface area is 142 Å². The Morgan fingerprint density at radius 3 is 2.56 bits per heavy atom. The van der Waals surface area contributed by atoms with Crippen LogP contribution in [0.3, 0.4) is 0 Å². The van der Waals surface area contributed by atoms with Crippen LogP contribution in [0.5, 0.6) is 5.75 Å². The summed E-state index contributed by atoms with van der Waals surface area (Å²) in [4.78, 5) is 14.2. The van der Waals surface area contributed by atoms with Crippen molar-refractivity contribution in [2.75, 3.05) is 11.9 Å². The second-order valence-corrected chi connectivity index (χ2v) is 5.42.